The van der Waals surface area contributed by atoms with E-state index in [1.165, 1.54) is 5.56 Å². The highest BCUT2D eigenvalue weighted by atomic mass is 79.9. The number of halogens is 2. The number of nitrogens with one attached hydrogen (secondary N) is 1. The van der Waals surface area contributed by atoms with Crippen molar-refractivity contribution < 1.29 is 0 Å². The molecule has 0 fully saturated rings. The second kappa shape index (κ2) is 4.97. The summed E-state index contributed by atoms with van der Waals surface area (Å²) in [6.45, 7) is 2.07. The van der Waals surface area contributed by atoms with Crippen LogP contribution in [0.3, 0.4) is 0 Å². The van der Waals surface area contributed by atoms with E-state index in [0.29, 0.717) is 0 Å². The van der Waals surface area contributed by atoms with Crippen LogP contribution in [-0.4, -0.2) is 4.98 Å². The standard InChI is InChI=1S/C12H10Br2N2/c1-8-2-3-11(9(13)6-8)16-12-4-5-15-7-10(12)14/h2-7H,1H3,(H,15,16). The zero-order valence-corrected chi connectivity index (χ0v) is 11.8. The quantitative estimate of drug-likeness (QED) is 0.859. The van der Waals surface area contributed by atoms with Gasteiger partial charge in [0.25, 0.3) is 0 Å². The van der Waals surface area contributed by atoms with Gasteiger partial charge in [0.05, 0.1) is 15.8 Å². The van der Waals surface area contributed by atoms with Gasteiger partial charge in [0.2, 0.25) is 0 Å². The van der Waals surface area contributed by atoms with Gasteiger partial charge in [-0.15, -0.1) is 0 Å². The molecule has 0 radical (unpaired) electrons. The Balaban J connectivity index is 2.31. The van der Waals surface area contributed by atoms with E-state index in [9.17, 15) is 0 Å². The molecule has 0 saturated heterocycles. The maximum absolute atomic E-state index is 4.02. The lowest BCUT2D eigenvalue weighted by Crippen LogP contribution is -1.93. The van der Waals surface area contributed by atoms with E-state index in [1.54, 1.807) is 12.4 Å². The fourth-order valence-electron chi connectivity index (χ4n) is 1.34. The molecule has 0 aliphatic carbocycles. The summed E-state index contributed by atoms with van der Waals surface area (Å²) in [5.41, 5.74) is 3.27. The van der Waals surface area contributed by atoms with Crippen molar-refractivity contribution in [2.75, 3.05) is 5.32 Å². The number of pyridine rings is 1. The maximum atomic E-state index is 4.02. The second-order valence-corrected chi connectivity index (χ2v) is 5.17. The number of anilines is 2. The Hall–Kier alpha value is -0.870. The van der Waals surface area contributed by atoms with Crippen LogP contribution in [0.1, 0.15) is 5.56 Å². The van der Waals surface area contributed by atoms with Crippen LogP contribution >= 0.6 is 31.9 Å². The predicted molar refractivity (Wildman–Crippen MR) is 74.1 cm³/mol. The van der Waals surface area contributed by atoms with Crippen molar-refractivity contribution in [3.05, 3.63) is 51.2 Å². The summed E-state index contributed by atoms with van der Waals surface area (Å²) >= 11 is 6.99. The van der Waals surface area contributed by atoms with Crippen LogP contribution < -0.4 is 5.32 Å². The SMILES string of the molecule is Cc1ccc(Nc2ccncc2Br)c(Br)c1. The van der Waals surface area contributed by atoms with Gasteiger partial charge in [-0.05, 0) is 62.5 Å². The summed E-state index contributed by atoms with van der Waals surface area (Å²) in [6, 6.07) is 8.13. The van der Waals surface area contributed by atoms with Crippen LogP contribution in [0.4, 0.5) is 11.4 Å². The molecule has 0 unspecified atom stereocenters. The Morgan fingerprint density at radius 3 is 2.50 bits per heavy atom. The van der Waals surface area contributed by atoms with Crippen LogP contribution in [0.2, 0.25) is 0 Å². The van der Waals surface area contributed by atoms with Crippen molar-refractivity contribution >= 4 is 43.2 Å². The van der Waals surface area contributed by atoms with Crippen molar-refractivity contribution in [1.82, 2.24) is 4.98 Å². The summed E-state index contributed by atoms with van der Waals surface area (Å²) in [4.78, 5) is 4.02. The molecule has 0 bridgehead atoms. The molecule has 1 aromatic heterocycles. The van der Waals surface area contributed by atoms with Gasteiger partial charge in [-0.25, -0.2) is 0 Å². The minimum Gasteiger partial charge on any atom is -0.354 e. The first kappa shape index (κ1) is 11.6. The van der Waals surface area contributed by atoms with Gasteiger partial charge in [0, 0.05) is 16.9 Å². The Morgan fingerprint density at radius 2 is 1.81 bits per heavy atom. The molecule has 0 saturated carbocycles. The normalized spacial score (nSPS) is 10.2. The smallest absolute Gasteiger partial charge is 0.0593 e. The summed E-state index contributed by atoms with van der Waals surface area (Å²) in [5.74, 6) is 0. The summed E-state index contributed by atoms with van der Waals surface area (Å²) < 4.78 is 2.00. The van der Waals surface area contributed by atoms with Crippen LogP contribution in [0.5, 0.6) is 0 Å². The molecule has 2 aromatic rings. The van der Waals surface area contributed by atoms with Crippen LogP contribution in [0, 0.1) is 6.92 Å². The lowest BCUT2D eigenvalue weighted by atomic mass is 10.2. The highest BCUT2D eigenvalue weighted by Crippen LogP contribution is 2.29. The number of rotatable bonds is 2. The molecule has 1 heterocycles. The molecule has 0 aliphatic rings. The number of hydrogen-bond acceptors (Lipinski definition) is 2. The number of nitrogens with zero attached hydrogens (tertiary/aromatic N) is 1. The van der Waals surface area contributed by atoms with Gasteiger partial charge in [0.1, 0.15) is 0 Å². The van der Waals surface area contributed by atoms with E-state index in [0.717, 1.165) is 20.3 Å². The molecule has 4 heteroatoms. The van der Waals surface area contributed by atoms with Gasteiger partial charge in [0.15, 0.2) is 0 Å². The van der Waals surface area contributed by atoms with Crippen molar-refractivity contribution in [2.24, 2.45) is 0 Å². The average Bonchev–Trinajstić information content (AvgIpc) is 2.25. The average molecular weight is 342 g/mol. The lowest BCUT2D eigenvalue weighted by Gasteiger charge is -2.10. The zero-order chi connectivity index (χ0) is 11.5. The summed E-state index contributed by atoms with van der Waals surface area (Å²) in [7, 11) is 0. The van der Waals surface area contributed by atoms with E-state index in [-0.39, 0.29) is 0 Å². The lowest BCUT2D eigenvalue weighted by molar-refractivity contribution is 1.30. The third-order valence-electron chi connectivity index (χ3n) is 2.17. The van der Waals surface area contributed by atoms with E-state index < -0.39 is 0 Å². The largest absolute Gasteiger partial charge is 0.354 e. The zero-order valence-electron chi connectivity index (χ0n) is 8.67. The highest BCUT2D eigenvalue weighted by molar-refractivity contribution is 9.11. The van der Waals surface area contributed by atoms with Gasteiger partial charge >= 0.3 is 0 Å². The topological polar surface area (TPSA) is 24.9 Å². The molecule has 0 amide bonds. The first-order chi connectivity index (χ1) is 7.66. The molecule has 0 atom stereocenters. The fraction of sp³-hybridized carbons (Fsp3) is 0.0833. The molecule has 16 heavy (non-hydrogen) atoms. The molecule has 0 spiro atoms. The highest BCUT2D eigenvalue weighted by Gasteiger charge is 2.03. The Kier molecular flexibility index (Phi) is 3.61. The molecule has 0 aliphatic heterocycles. The molecular weight excluding hydrogens is 332 g/mol. The summed E-state index contributed by atoms with van der Waals surface area (Å²) in [5, 5.41) is 3.33. The van der Waals surface area contributed by atoms with Crippen molar-refractivity contribution in [3.63, 3.8) is 0 Å². The third-order valence-corrected chi connectivity index (χ3v) is 3.45. The van der Waals surface area contributed by atoms with Gasteiger partial charge in [-0.1, -0.05) is 6.07 Å². The predicted octanol–water partition coefficient (Wildman–Crippen LogP) is 4.66. The fourth-order valence-corrected chi connectivity index (χ4v) is 2.29. The number of aryl methyl sites for hydroxylation is 1. The minimum atomic E-state index is 0.947. The van der Waals surface area contributed by atoms with E-state index in [2.05, 4.69) is 61.2 Å². The van der Waals surface area contributed by atoms with E-state index in [1.807, 2.05) is 12.1 Å². The Bertz CT molecular complexity index is 512. The maximum Gasteiger partial charge on any atom is 0.0593 e. The third kappa shape index (κ3) is 2.62. The van der Waals surface area contributed by atoms with Crippen LogP contribution in [0.15, 0.2) is 45.6 Å². The number of hydrogen-bond donors (Lipinski definition) is 1. The first-order valence-electron chi connectivity index (χ1n) is 4.79. The monoisotopic (exact) mass is 340 g/mol. The molecule has 1 aromatic carbocycles. The Morgan fingerprint density at radius 1 is 1.06 bits per heavy atom. The van der Waals surface area contributed by atoms with Gasteiger partial charge in [-0.3, -0.25) is 4.98 Å². The first-order valence-corrected chi connectivity index (χ1v) is 6.38. The van der Waals surface area contributed by atoms with Gasteiger partial charge in [-0.2, -0.15) is 0 Å². The number of aromatic nitrogens is 1. The van der Waals surface area contributed by atoms with E-state index >= 15 is 0 Å². The van der Waals surface area contributed by atoms with Crippen LogP contribution in [-0.2, 0) is 0 Å². The summed E-state index contributed by atoms with van der Waals surface area (Å²) in [6.07, 6.45) is 3.53. The number of benzene rings is 1. The Labute approximate surface area is 111 Å². The minimum absolute atomic E-state index is 0.947. The second-order valence-electron chi connectivity index (χ2n) is 3.46. The van der Waals surface area contributed by atoms with E-state index in [4.69, 9.17) is 0 Å². The molecular formula is C12H10Br2N2. The molecule has 2 nitrogen and oxygen atoms in total. The molecule has 1 N–H and O–H groups in total. The van der Waals surface area contributed by atoms with Gasteiger partial charge < -0.3 is 5.32 Å². The molecule has 2 rings (SSSR count). The van der Waals surface area contributed by atoms with Crippen molar-refractivity contribution in [2.45, 2.75) is 6.92 Å². The van der Waals surface area contributed by atoms with Crippen molar-refractivity contribution in [1.29, 1.82) is 0 Å². The van der Waals surface area contributed by atoms with Crippen LogP contribution in [0.25, 0.3) is 0 Å². The van der Waals surface area contributed by atoms with Crippen molar-refractivity contribution in [3.8, 4) is 0 Å². The molecule has 82 valence electrons.